The van der Waals surface area contributed by atoms with Crippen molar-refractivity contribution in [2.24, 2.45) is 5.92 Å². The third kappa shape index (κ3) is 4.45. The summed E-state index contributed by atoms with van der Waals surface area (Å²) in [6, 6.07) is 16.1. The summed E-state index contributed by atoms with van der Waals surface area (Å²) in [5, 5.41) is 14.0. The molecule has 7 heteroatoms. The van der Waals surface area contributed by atoms with E-state index in [0.29, 0.717) is 0 Å². The van der Waals surface area contributed by atoms with Crippen molar-refractivity contribution in [2.75, 3.05) is 13.2 Å². The summed E-state index contributed by atoms with van der Waals surface area (Å²) in [6.45, 7) is 4.69. The van der Waals surface area contributed by atoms with E-state index in [-0.39, 0.29) is 19.1 Å². The van der Waals surface area contributed by atoms with E-state index < -0.39 is 29.4 Å². The molecule has 0 aliphatic heterocycles. The molecule has 3 rings (SSSR count). The average Bonchev–Trinajstić information content (AvgIpc) is 3.03. The van der Waals surface area contributed by atoms with Crippen LogP contribution in [-0.2, 0) is 14.3 Å². The zero-order valence-corrected chi connectivity index (χ0v) is 17.3. The smallest absolute Gasteiger partial charge is 0.408 e. The SMILES string of the molecule is CC(CNC(=O)C(C)(C)NC(=O)OCC1c2ccccc2-c2ccccc21)C(=O)O. The summed E-state index contributed by atoms with van der Waals surface area (Å²) in [7, 11) is 0. The number of fused-ring (bicyclic) bond motifs is 3. The Bertz CT molecular complexity index is 924. The van der Waals surface area contributed by atoms with Crippen LogP contribution in [0.3, 0.4) is 0 Å². The highest BCUT2D eigenvalue weighted by atomic mass is 16.5. The summed E-state index contributed by atoms with van der Waals surface area (Å²) in [6.07, 6.45) is -0.705. The van der Waals surface area contributed by atoms with Gasteiger partial charge in [-0.25, -0.2) is 4.79 Å². The lowest BCUT2D eigenvalue weighted by atomic mass is 9.98. The number of rotatable bonds is 7. The van der Waals surface area contributed by atoms with Crippen molar-refractivity contribution in [3.8, 4) is 11.1 Å². The minimum atomic E-state index is -1.25. The standard InChI is InChI=1S/C23H26N2O5/c1-14(20(26)27)12-24-21(28)23(2,3)25-22(29)30-13-19-17-10-6-4-8-15(17)16-9-5-7-11-18(16)19/h4-11,14,19H,12-13H2,1-3H3,(H,24,28)(H,25,29)(H,26,27). The van der Waals surface area contributed by atoms with Crippen molar-refractivity contribution >= 4 is 18.0 Å². The van der Waals surface area contributed by atoms with Crippen molar-refractivity contribution in [3.05, 3.63) is 59.7 Å². The zero-order chi connectivity index (χ0) is 21.9. The maximum Gasteiger partial charge on any atom is 0.408 e. The zero-order valence-electron chi connectivity index (χ0n) is 17.3. The van der Waals surface area contributed by atoms with Crippen molar-refractivity contribution in [1.82, 2.24) is 10.6 Å². The highest BCUT2D eigenvalue weighted by Crippen LogP contribution is 2.44. The lowest BCUT2D eigenvalue weighted by Crippen LogP contribution is -2.55. The third-order valence-electron chi connectivity index (χ3n) is 5.32. The molecular formula is C23H26N2O5. The van der Waals surface area contributed by atoms with Gasteiger partial charge in [0.2, 0.25) is 5.91 Å². The fourth-order valence-corrected chi connectivity index (χ4v) is 3.50. The van der Waals surface area contributed by atoms with Crippen LogP contribution in [0, 0.1) is 5.92 Å². The Kier molecular flexibility index (Phi) is 6.10. The van der Waals surface area contributed by atoms with Gasteiger partial charge in [-0.15, -0.1) is 0 Å². The van der Waals surface area contributed by atoms with Gasteiger partial charge in [0.25, 0.3) is 0 Å². The van der Waals surface area contributed by atoms with Gasteiger partial charge in [0.15, 0.2) is 0 Å². The Hall–Kier alpha value is -3.35. The largest absolute Gasteiger partial charge is 0.481 e. The molecule has 30 heavy (non-hydrogen) atoms. The van der Waals surface area contributed by atoms with Crippen LogP contribution < -0.4 is 10.6 Å². The molecular weight excluding hydrogens is 384 g/mol. The molecule has 1 unspecified atom stereocenters. The van der Waals surface area contributed by atoms with Gasteiger partial charge in [0.1, 0.15) is 12.1 Å². The molecule has 3 N–H and O–H groups in total. The van der Waals surface area contributed by atoms with Crippen LogP contribution in [0.1, 0.15) is 37.8 Å². The molecule has 0 aromatic heterocycles. The number of carboxylic acids is 1. The van der Waals surface area contributed by atoms with E-state index in [4.69, 9.17) is 9.84 Å². The Morgan fingerprint density at radius 1 is 1.03 bits per heavy atom. The molecule has 0 radical (unpaired) electrons. The number of ether oxygens (including phenoxy) is 1. The predicted molar refractivity (Wildman–Crippen MR) is 112 cm³/mol. The maximum absolute atomic E-state index is 12.4. The number of nitrogens with one attached hydrogen (secondary N) is 2. The minimum Gasteiger partial charge on any atom is -0.481 e. The summed E-state index contributed by atoms with van der Waals surface area (Å²) in [4.78, 5) is 35.6. The molecule has 2 amide bonds. The number of hydrogen-bond donors (Lipinski definition) is 3. The van der Waals surface area contributed by atoms with Crippen molar-refractivity contribution in [3.63, 3.8) is 0 Å². The molecule has 0 saturated heterocycles. The number of alkyl carbamates (subject to hydrolysis) is 1. The second-order valence-electron chi connectivity index (χ2n) is 8.02. The third-order valence-corrected chi connectivity index (χ3v) is 5.32. The van der Waals surface area contributed by atoms with E-state index in [1.807, 2.05) is 36.4 Å². The Morgan fingerprint density at radius 2 is 1.57 bits per heavy atom. The van der Waals surface area contributed by atoms with E-state index in [9.17, 15) is 14.4 Å². The van der Waals surface area contributed by atoms with Crippen LogP contribution in [0.5, 0.6) is 0 Å². The lowest BCUT2D eigenvalue weighted by molar-refractivity contribution is -0.141. The molecule has 0 fully saturated rings. The second kappa shape index (κ2) is 8.57. The summed E-state index contributed by atoms with van der Waals surface area (Å²) in [5.41, 5.74) is 3.22. The predicted octanol–water partition coefficient (Wildman–Crippen LogP) is 3.14. The van der Waals surface area contributed by atoms with Gasteiger partial charge in [-0.05, 0) is 36.1 Å². The Balaban J connectivity index is 1.61. The molecule has 1 aliphatic carbocycles. The first-order valence-electron chi connectivity index (χ1n) is 9.85. The number of aliphatic carboxylic acids is 1. The van der Waals surface area contributed by atoms with Gasteiger partial charge in [-0.1, -0.05) is 55.5 Å². The van der Waals surface area contributed by atoms with Gasteiger partial charge < -0.3 is 20.5 Å². The highest BCUT2D eigenvalue weighted by molar-refractivity contribution is 5.89. The van der Waals surface area contributed by atoms with Gasteiger partial charge in [0.05, 0.1) is 5.92 Å². The van der Waals surface area contributed by atoms with E-state index >= 15 is 0 Å². The number of carboxylic acid groups (broad SMARTS) is 1. The quantitative estimate of drug-likeness (QED) is 0.650. The molecule has 1 aliphatic rings. The van der Waals surface area contributed by atoms with Crippen molar-refractivity contribution in [2.45, 2.75) is 32.2 Å². The number of amides is 2. The van der Waals surface area contributed by atoms with Gasteiger partial charge in [-0.3, -0.25) is 9.59 Å². The van der Waals surface area contributed by atoms with E-state index in [1.54, 1.807) is 0 Å². The second-order valence-corrected chi connectivity index (χ2v) is 8.02. The lowest BCUT2D eigenvalue weighted by Gasteiger charge is -2.25. The number of hydrogen-bond acceptors (Lipinski definition) is 4. The highest BCUT2D eigenvalue weighted by Gasteiger charge is 2.32. The fraction of sp³-hybridized carbons (Fsp3) is 0.348. The molecule has 158 valence electrons. The molecule has 0 heterocycles. The number of benzene rings is 2. The first-order chi connectivity index (χ1) is 14.2. The van der Waals surface area contributed by atoms with Crippen LogP contribution in [0.15, 0.2) is 48.5 Å². The average molecular weight is 410 g/mol. The molecule has 0 bridgehead atoms. The Morgan fingerprint density at radius 3 is 2.10 bits per heavy atom. The number of carbonyl (C=O) groups is 3. The number of carbonyl (C=O) groups excluding carboxylic acids is 2. The topological polar surface area (TPSA) is 105 Å². The first kappa shape index (κ1) is 21.4. The normalized spacial score (nSPS) is 13.7. The minimum absolute atomic E-state index is 0.0238. The molecule has 2 aromatic rings. The van der Waals surface area contributed by atoms with Gasteiger partial charge in [-0.2, -0.15) is 0 Å². The van der Waals surface area contributed by atoms with Gasteiger partial charge in [0, 0.05) is 12.5 Å². The molecule has 1 atom stereocenters. The Labute approximate surface area is 175 Å². The van der Waals surface area contributed by atoms with E-state index in [0.717, 1.165) is 22.3 Å². The van der Waals surface area contributed by atoms with Crippen LogP contribution >= 0.6 is 0 Å². The van der Waals surface area contributed by atoms with Crippen molar-refractivity contribution in [1.29, 1.82) is 0 Å². The first-order valence-corrected chi connectivity index (χ1v) is 9.85. The fourth-order valence-electron chi connectivity index (χ4n) is 3.50. The van der Waals surface area contributed by atoms with Crippen LogP contribution in [-0.4, -0.2) is 41.8 Å². The molecule has 7 nitrogen and oxygen atoms in total. The van der Waals surface area contributed by atoms with E-state index in [1.165, 1.54) is 20.8 Å². The van der Waals surface area contributed by atoms with E-state index in [2.05, 4.69) is 22.8 Å². The summed E-state index contributed by atoms with van der Waals surface area (Å²) < 4.78 is 5.47. The van der Waals surface area contributed by atoms with Crippen molar-refractivity contribution < 1.29 is 24.2 Å². The van der Waals surface area contributed by atoms with Crippen LogP contribution in [0.4, 0.5) is 4.79 Å². The molecule has 2 aromatic carbocycles. The van der Waals surface area contributed by atoms with Crippen LogP contribution in [0.2, 0.25) is 0 Å². The maximum atomic E-state index is 12.4. The molecule has 0 saturated carbocycles. The van der Waals surface area contributed by atoms with Crippen LogP contribution in [0.25, 0.3) is 11.1 Å². The summed E-state index contributed by atoms with van der Waals surface area (Å²) in [5.74, 6) is -2.28. The van der Waals surface area contributed by atoms with Gasteiger partial charge >= 0.3 is 12.1 Å². The molecule has 0 spiro atoms. The summed E-state index contributed by atoms with van der Waals surface area (Å²) >= 11 is 0. The monoisotopic (exact) mass is 410 g/mol.